The minimum Gasteiger partial charge on any atom is -0.493 e. The molecule has 0 saturated carbocycles. The Balaban J connectivity index is 1.18. The second-order valence-electron chi connectivity index (χ2n) is 13.5. The number of rotatable bonds is 27. The first-order valence-corrected chi connectivity index (χ1v) is 20.1. The molecule has 1 aliphatic heterocycles. The van der Waals surface area contributed by atoms with E-state index in [1.807, 2.05) is 36.5 Å². The Morgan fingerprint density at radius 2 is 1.23 bits per heavy atom. The molecular weight excluding hydrogens is 617 g/mol. The fourth-order valence-corrected chi connectivity index (χ4v) is 7.32. The van der Waals surface area contributed by atoms with E-state index in [0.29, 0.717) is 13.0 Å². The second kappa shape index (κ2) is 24.5. The third-order valence-corrected chi connectivity index (χ3v) is 10.5. The quantitative estimate of drug-likeness (QED) is 0.0875. The monoisotopic (exact) mass is 678 g/mol. The lowest BCUT2D eigenvalue weighted by atomic mass is 10.0. The summed E-state index contributed by atoms with van der Waals surface area (Å²) in [5.74, 6) is 0.0195. The molecule has 0 bridgehead atoms. The molecule has 1 aromatic carbocycles. The van der Waals surface area contributed by atoms with E-state index in [4.69, 9.17) is 4.74 Å². The number of thioether (sulfide) groups is 1. The molecule has 0 radical (unpaired) electrons. The van der Waals surface area contributed by atoms with Crippen LogP contribution in [0, 0.1) is 0 Å². The molecule has 0 aliphatic carbocycles. The molecule has 266 valence electrons. The number of hydrogen-bond acceptors (Lipinski definition) is 6. The van der Waals surface area contributed by atoms with Crippen LogP contribution in [0.4, 0.5) is 4.79 Å². The van der Waals surface area contributed by atoms with Crippen LogP contribution in [0.2, 0.25) is 0 Å². The first kappa shape index (κ1) is 39.8. The van der Waals surface area contributed by atoms with Crippen LogP contribution >= 0.6 is 11.8 Å². The minimum atomic E-state index is -0.560. The number of imide groups is 3. The van der Waals surface area contributed by atoms with Crippen LogP contribution in [-0.2, 0) is 28.9 Å². The average molecular weight is 679 g/mol. The highest BCUT2D eigenvalue weighted by Crippen LogP contribution is 2.31. The molecule has 1 aromatic heterocycles. The molecule has 48 heavy (non-hydrogen) atoms. The van der Waals surface area contributed by atoms with Gasteiger partial charge in [0.1, 0.15) is 5.75 Å². The summed E-state index contributed by atoms with van der Waals surface area (Å²) in [5, 5.41) is -0.996. The highest BCUT2D eigenvalue weighted by molar-refractivity contribution is 8.15. The minimum absolute atomic E-state index is 0.258. The summed E-state index contributed by atoms with van der Waals surface area (Å²) >= 11 is 0.968. The molecule has 2 heterocycles. The molecule has 7 heteroatoms. The maximum absolute atomic E-state index is 13.0. The number of amides is 3. The molecule has 1 atom stereocenters. The van der Waals surface area contributed by atoms with Crippen LogP contribution in [-0.4, -0.2) is 38.8 Å². The molecule has 1 saturated heterocycles. The van der Waals surface area contributed by atoms with Gasteiger partial charge in [-0.25, -0.2) is 4.90 Å². The van der Waals surface area contributed by atoms with Gasteiger partial charge in [-0.15, -0.1) is 0 Å². The average Bonchev–Trinajstić information content (AvgIpc) is 3.38. The van der Waals surface area contributed by atoms with E-state index in [0.717, 1.165) is 65.8 Å². The number of carbonyl (C=O) groups is 3. The lowest BCUT2D eigenvalue weighted by molar-refractivity contribution is -0.139. The molecule has 3 amide bonds. The van der Waals surface area contributed by atoms with E-state index < -0.39 is 10.5 Å². The van der Waals surface area contributed by atoms with Crippen LogP contribution < -0.4 is 4.74 Å². The SMILES string of the molecule is CCCCCCCCCCCCCCCCCCCCCC(=O)N1C(=O)SC(Cc2ccc(OCCc3ccc(CC)cn3)cc2)C1=O. The van der Waals surface area contributed by atoms with Gasteiger partial charge in [-0.3, -0.25) is 19.4 Å². The molecule has 1 fully saturated rings. The van der Waals surface area contributed by atoms with E-state index in [1.165, 1.54) is 108 Å². The summed E-state index contributed by atoms with van der Waals surface area (Å²) in [6.07, 6.45) is 28.9. The Morgan fingerprint density at radius 1 is 0.708 bits per heavy atom. The van der Waals surface area contributed by atoms with Crippen molar-refractivity contribution in [2.45, 2.75) is 167 Å². The number of ether oxygens (including phenoxy) is 1. The Morgan fingerprint density at radius 3 is 1.73 bits per heavy atom. The molecule has 0 spiro atoms. The van der Waals surface area contributed by atoms with E-state index >= 15 is 0 Å². The van der Waals surface area contributed by atoms with Gasteiger partial charge >= 0.3 is 0 Å². The topological polar surface area (TPSA) is 76.6 Å². The molecule has 2 aromatic rings. The highest BCUT2D eigenvalue weighted by atomic mass is 32.2. The number of aryl methyl sites for hydroxylation is 1. The van der Waals surface area contributed by atoms with Crippen LogP contribution in [0.25, 0.3) is 0 Å². The van der Waals surface area contributed by atoms with Gasteiger partial charge in [0.05, 0.1) is 11.9 Å². The van der Waals surface area contributed by atoms with Crippen LogP contribution in [0.3, 0.4) is 0 Å². The molecule has 0 N–H and O–H groups in total. The smallest absolute Gasteiger partial charge is 0.295 e. The van der Waals surface area contributed by atoms with Crippen molar-refractivity contribution >= 4 is 28.8 Å². The lowest BCUT2D eigenvalue weighted by Crippen LogP contribution is -2.37. The fraction of sp³-hybridized carbons (Fsp3) is 0.659. The van der Waals surface area contributed by atoms with Crippen molar-refractivity contribution in [3.05, 3.63) is 59.4 Å². The zero-order chi connectivity index (χ0) is 34.2. The summed E-state index contributed by atoms with van der Waals surface area (Å²) < 4.78 is 5.87. The number of nitrogens with zero attached hydrogens (tertiary/aromatic N) is 2. The summed E-state index contributed by atoms with van der Waals surface area (Å²) in [6, 6.07) is 11.8. The highest BCUT2D eigenvalue weighted by Gasteiger charge is 2.42. The largest absolute Gasteiger partial charge is 0.493 e. The first-order chi connectivity index (χ1) is 23.5. The van der Waals surface area contributed by atoms with E-state index in [9.17, 15) is 14.4 Å². The van der Waals surface area contributed by atoms with Crippen molar-refractivity contribution in [2.24, 2.45) is 0 Å². The van der Waals surface area contributed by atoms with Gasteiger partial charge in [-0.1, -0.05) is 159 Å². The lowest BCUT2D eigenvalue weighted by Gasteiger charge is -2.12. The fourth-order valence-electron chi connectivity index (χ4n) is 6.30. The third kappa shape index (κ3) is 15.7. The Kier molecular flexibility index (Phi) is 20.3. The van der Waals surface area contributed by atoms with Gasteiger partial charge in [-0.2, -0.15) is 0 Å². The van der Waals surface area contributed by atoms with Gasteiger partial charge < -0.3 is 4.74 Å². The van der Waals surface area contributed by atoms with Crippen LogP contribution in [0.5, 0.6) is 5.75 Å². The van der Waals surface area contributed by atoms with Crippen molar-refractivity contribution in [3.8, 4) is 5.75 Å². The Bertz CT molecular complexity index is 1180. The Labute approximate surface area is 295 Å². The number of pyridine rings is 1. The number of aromatic nitrogens is 1. The zero-order valence-electron chi connectivity index (χ0n) is 30.0. The maximum Gasteiger partial charge on any atom is 0.295 e. The summed E-state index contributed by atoms with van der Waals surface area (Å²) in [7, 11) is 0. The molecule has 6 nitrogen and oxygen atoms in total. The second-order valence-corrected chi connectivity index (χ2v) is 14.7. The maximum atomic E-state index is 13.0. The molecule has 3 rings (SSSR count). The van der Waals surface area contributed by atoms with Gasteiger partial charge in [-0.05, 0) is 48.6 Å². The predicted molar refractivity (Wildman–Crippen MR) is 200 cm³/mol. The first-order valence-electron chi connectivity index (χ1n) is 19.2. The number of benzene rings is 1. The summed E-state index contributed by atoms with van der Waals surface area (Å²) in [5.41, 5.74) is 3.16. The van der Waals surface area contributed by atoms with Crippen LogP contribution in [0.1, 0.15) is 159 Å². The van der Waals surface area contributed by atoms with Crippen molar-refractivity contribution in [3.63, 3.8) is 0 Å². The van der Waals surface area contributed by atoms with E-state index in [2.05, 4.69) is 24.9 Å². The van der Waals surface area contributed by atoms with Gasteiger partial charge in [0.2, 0.25) is 5.91 Å². The molecule has 1 unspecified atom stereocenters. The van der Waals surface area contributed by atoms with Crippen molar-refractivity contribution in [1.82, 2.24) is 9.88 Å². The van der Waals surface area contributed by atoms with Gasteiger partial charge in [0.15, 0.2) is 0 Å². The number of hydrogen-bond donors (Lipinski definition) is 0. The summed E-state index contributed by atoms with van der Waals surface area (Å²) in [6.45, 7) is 4.92. The zero-order valence-corrected chi connectivity index (χ0v) is 30.8. The van der Waals surface area contributed by atoms with E-state index in [-0.39, 0.29) is 18.2 Å². The molecule has 1 aliphatic rings. The van der Waals surface area contributed by atoms with Gasteiger partial charge in [0.25, 0.3) is 11.1 Å². The van der Waals surface area contributed by atoms with Crippen molar-refractivity contribution in [2.75, 3.05) is 6.61 Å². The standard InChI is InChI=1S/C41H62N2O4S/c1-3-5-6-7-8-9-10-11-12-13-14-15-16-17-18-19-20-21-22-23-39(44)43-40(45)38(48-41(43)46)32-35-25-28-37(29-26-35)47-31-30-36-27-24-34(4-2)33-42-36/h24-29,33,38H,3-23,30-32H2,1-2H3. The van der Waals surface area contributed by atoms with Gasteiger partial charge in [0, 0.05) is 24.7 Å². The van der Waals surface area contributed by atoms with Crippen molar-refractivity contribution < 1.29 is 19.1 Å². The normalized spacial score (nSPS) is 14.6. The van der Waals surface area contributed by atoms with Crippen molar-refractivity contribution in [1.29, 1.82) is 0 Å². The predicted octanol–water partition coefficient (Wildman–Crippen LogP) is 11.2. The Hall–Kier alpha value is -2.67. The number of carbonyl (C=O) groups excluding carboxylic acids is 3. The van der Waals surface area contributed by atoms with E-state index in [1.54, 1.807) is 0 Å². The van der Waals surface area contributed by atoms with Crippen LogP contribution in [0.15, 0.2) is 42.6 Å². The molecular formula is C41H62N2O4S. The summed E-state index contributed by atoms with van der Waals surface area (Å²) in [4.78, 5) is 43.7. The third-order valence-electron chi connectivity index (χ3n) is 9.43. The number of unbranched alkanes of at least 4 members (excludes halogenated alkanes) is 18.